The molecule has 1 aliphatic carbocycles. The number of carboxylic acids is 1. The summed E-state index contributed by atoms with van der Waals surface area (Å²) in [5.41, 5.74) is 0. The lowest BCUT2D eigenvalue weighted by molar-refractivity contribution is 0.0661. The zero-order valence-corrected chi connectivity index (χ0v) is 9.26. The number of carboxylic acid groups (broad SMARTS) is 1. The molecule has 0 aliphatic heterocycles. The molecule has 15 heavy (non-hydrogen) atoms. The van der Waals surface area contributed by atoms with E-state index in [-0.39, 0.29) is 5.76 Å². The van der Waals surface area contributed by atoms with Crippen molar-refractivity contribution in [1.29, 1.82) is 0 Å². The smallest absolute Gasteiger partial charge is 0.371 e. The number of hydrogen-bond donors (Lipinski definition) is 1. The molecule has 1 aromatic rings. The number of rotatable bonds is 5. The normalized spacial score (nSPS) is 16.3. The molecule has 1 heterocycles. The Morgan fingerprint density at radius 1 is 1.53 bits per heavy atom. The van der Waals surface area contributed by atoms with Crippen LogP contribution in [0.1, 0.15) is 35.6 Å². The maximum absolute atomic E-state index is 10.6. The molecule has 1 aromatic heterocycles. The summed E-state index contributed by atoms with van der Waals surface area (Å²) >= 11 is 1.83. The molecule has 0 spiro atoms. The fourth-order valence-corrected chi connectivity index (χ4v) is 2.70. The van der Waals surface area contributed by atoms with E-state index in [1.165, 1.54) is 31.1 Å². The molecular formula is C11H14O3S. The highest BCUT2D eigenvalue weighted by Gasteiger charge is 2.17. The van der Waals surface area contributed by atoms with Crippen LogP contribution >= 0.6 is 11.8 Å². The summed E-state index contributed by atoms with van der Waals surface area (Å²) < 4.78 is 5.16. The van der Waals surface area contributed by atoms with Gasteiger partial charge in [0.2, 0.25) is 5.76 Å². The van der Waals surface area contributed by atoms with Gasteiger partial charge in [-0.25, -0.2) is 4.79 Å². The van der Waals surface area contributed by atoms with Crippen LogP contribution in [0.4, 0.5) is 0 Å². The Labute approximate surface area is 92.9 Å². The first-order valence-corrected chi connectivity index (χ1v) is 6.31. The van der Waals surface area contributed by atoms with E-state index in [0.717, 1.165) is 17.4 Å². The van der Waals surface area contributed by atoms with E-state index in [0.29, 0.717) is 0 Å². The Bertz CT molecular complexity index is 341. The Morgan fingerprint density at radius 3 is 2.87 bits per heavy atom. The second-order valence-corrected chi connectivity index (χ2v) is 4.91. The van der Waals surface area contributed by atoms with Crippen molar-refractivity contribution in [2.75, 3.05) is 5.75 Å². The minimum Gasteiger partial charge on any atom is -0.475 e. The van der Waals surface area contributed by atoms with Gasteiger partial charge in [0.25, 0.3) is 0 Å². The number of aromatic carboxylic acids is 1. The second kappa shape index (κ2) is 4.75. The number of hydrogen-bond acceptors (Lipinski definition) is 3. The van der Waals surface area contributed by atoms with Crippen molar-refractivity contribution in [3.63, 3.8) is 0 Å². The van der Waals surface area contributed by atoms with Crippen molar-refractivity contribution in [2.24, 2.45) is 5.92 Å². The van der Waals surface area contributed by atoms with Gasteiger partial charge in [0, 0.05) is 0 Å². The van der Waals surface area contributed by atoms with Crippen LogP contribution in [0, 0.1) is 5.92 Å². The lowest BCUT2D eigenvalue weighted by Crippen LogP contribution is -2.13. The van der Waals surface area contributed by atoms with Crippen molar-refractivity contribution < 1.29 is 14.3 Å². The molecular weight excluding hydrogens is 212 g/mol. The lowest BCUT2D eigenvalue weighted by Gasteiger charge is -2.24. The van der Waals surface area contributed by atoms with Crippen LogP contribution < -0.4 is 0 Å². The summed E-state index contributed by atoms with van der Waals surface area (Å²) in [6.45, 7) is 0. The molecule has 1 aliphatic rings. The molecule has 1 N–H and O–H groups in total. The van der Waals surface area contributed by atoms with Gasteiger partial charge in [0.15, 0.2) is 0 Å². The summed E-state index contributed by atoms with van der Waals surface area (Å²) in [7, 11) is 0. The van der Waals surface area contributed by atoms with E-state index in [4.69, 9.17) is 9.52 Å². The number of thioether (sulfide) groups is 1. The minimum absolute atomic E-state index is 0.0363. The molecule has 0 bridgehead atoms. The largest absolute Gasteiger partial charge is 0.475 e. The molecule has 0 radical (unpaired) electrons. The predicted octanol–water partition coefficient (Wildman–Crippen LogP) is 3.01. The molecule has 2 rings (SSSR count). The molecule has 82 valence electrons. The molecule has 3 nitrogen and oxygen atoms in total. The maximum atomic E-state index is 10.6. The van der Waals surface area contributed by atoms with Crippen LogP contribution in [0.2, 0.25) is 0 Å². The Hall–Kier alpha value is -0.900. The standard InChI is InChI=1S/C11H14O3S/c12-11(13)10-5-4-9(14-10)7-15-6-8-2-1-3-8/h4-5,8H,1-3,6-7H2,(H,12,13). The first kappa shape index (κ1) is 10.6. The summed E-state index contributed by atoms with van der Waals surface area (Å²) in [6.07, 6.45) is 4.08. The average molecular weight is 226 g/mol. The summed E-state index contributed by atoms with van der Waals surface area (Å²) in [5, 5.41) is 8.66. The van der Waals surface area contributed by atoms with Gasteiger partial charge < -0.3 is 9.52 Å². The zero-order chi connectivity index (χ0) is 10.7. The van der Waals surface area contributed by atoms with E-state index in [1.807, 2.05) is 11.8 Å². The van der Waals surface area contributed by atoms with Gasteiger partial charge in [-0.05, 0) is 36.6 Å². The van der Waals surface area contributed by atoms with Gasteiger partial charge in [-0.2, -0.15) is 11.8 Å². The molecule has 0 unspecified atom stereocenters. The van der Waals surface area contributed by atoms with Crippen molar-refractivity contribution in [3.05, 3.63) is 23.7 Å². The molecule has 0 saturated heterocycles. The summed E-state index contributed by atoms with van der Waals surface area (Å²) in [6, 6.07) is 3.26. The third-order valence-corrected chi connectivity index (χ3v) is 3.89. The van der Waals surface area contributed by atoms with Crippen LogP contribution in [0.15, 0.2) is 16.5 Å². The Morgan fingerprint density at radius 2 is 2.33 bits per heavy atom. The third-order valence-electron chi connectivity index (χ3n) is 2.70. The Balaban J connectivity index is 1.75. The lowest BCUT2D eigenvalue weighted by atomic mass is 9.87. The van der Waals surface area contributed by atoms with E-state index in [9.17, 15) is 4.79 Å². The van der Waals surface area contributed by atoms with Crippen molar-refractivity contribution in [3.8, 4) is 0 Å². The topological polar surface area (TPSA) is 50.4 Å². The van der Waals surface area contributed by atoms with Crippen molar-refractivity contribution in [2.45, 2.75) is 25.0 Å². The fraction of sp³-hybridized carbons (Fsp3) is 0.545. The van der Waals surface area contributed by atoms with Gasteiger partial charge in [-0.3, -0.25) is 0 Å². The third kappa shape index (κ3) is 2.78. The second-order valence-electron chi connectivity index (χ2n) is 3.88. The SMILES string of the molecule is O=C(O)c1ccc(CSCC2CCC2)o1. The van der Waals surface area contributed by atoms with Crippen LogP contribution in [0.5, 0.6) is 0 Å². The van der Waals surface area contributed by atoms with E-state index < -0.39 is 5.97 Å². The van der Waals surface area contributed by atoms with Crippen LogP contribution in [-0.4, -0.2) is 16.8 Å². The van der Waals surface area contributed by atoms with Crippen molar-refractivity contribution in [1.82, 2.24) is 0 Å². The van der Waals surface area contributed by atoms with Crippen LogP contribution in [0.3, 0.4) is 0 Å². The molecule has 1 fully saturated rings. The summed E-state index contributed by atoms with van der Waals surface area (Å²) in [4.78, 5) is 10.6. The zero-order valence-electron chi connectivity index (χ0n) is 8.44. The highest BCUT2D eigenvalue weighted by molar-refractivity contribution is 7.98. The van der Waals surface area contributed by atoms with Gasteiger partial charge in [0.05, 0.1) is 5.75 Å². The first-order chi connectivity index (χ1) is 7.25. The molecule has 0 aromatic carbocycles. The Kier molecular flexibility index (Phi) is 3.36. The first-order valence-electron chi connectivity index (χ1n) is 5.15. The van der Waals surface area contributed by atoms with Gasteiger partial charge in [-0.15, -0.1) is 0 Å². The van der Waals surface area contributed by atoms with E-state index in [2.05, 4.69) is 0 Å². The number of carbonyl (C=O) groups is 1. The highest BCUT2D eigenvalue weighted by Crippen LogP contribution is 2.30. The van der Waals surface area contributed by atoms with Crippen LogP contribution in [0.25, 0.3) is 0 Å². The molecule has 0 amide bonds. The summed E-state index contributed by atoms with van der Waals surface area (Å²) in [5.74, 6) is 2.63. The molecule has 0 atom stereocenters. The van der Waals surface area contributed by atoms with Crippen LogP contribution in [-0.2, 0) is 5.75 Å². The fourth-order valence-electron chi connectivity index (χ4n) is 1.56. The van der Waals surface area contributed by atoms with Gasteiger partial charge in [-0.1, -0.05) is 6.42 Å². The minimum atomic E-state index is -0.995. The number of furan rings is 1. The van der Waals surface area contributed by atoms with Gasteiger partial charge >= 0.3 is 5.97 Å². The van der Waals surface area contributed by atoms with E-state index in [1.54, 1.807) is 6.07 Å². The molecule has 1 saturated carbocycles. The maximum Gasteiger partial charge on any atom is 0.371 e. The highest BCUT2D eigenvalue weighted by atomic mass is 32.2. The quantitative estimate of drug-likeness (QED) is 0.838. The average Bonchev–Trinajstić information content (AvgIpc) is 2.57. The molecule has 4 heteroatoms. The predicted molar refractivity (Wildman–Crippen MR) is 59.2 cm³/mol. The van der Waals surface area contributed by atoms with Gasteiger partial charge in [0.1, 0.15) is 5.76 Å². The van der Waals surface area contributed by atoms with Crippen molar-refractivity contribution >= 4 is 17.7 Å². The monoisotopic (exact) mass is 226 g/mol. The van der Waals surface area contributed by atoms with E-state index >= 15 is 0 Å².